The molecule has 126 valence electrons. The number of likely N-dealkylation sites (tertiary alicyclic amines) is 1. The van der Waals surface area contributed by atoms with Crippen molar-refractivity contribution in [3.63, 3.8) is 0 Å². The highest BCUT2D eigenvalue weighted by molar-refractivity contribution is 9.10. The molecule has 1 aliphatic rings. The smallest absolute Gasteiger partial charge is 0.272 e. The largest absolute Gasteiger partial charge is 0.495 e. The van der Waals surface area contributed by atoms with Crippen LogP contribution in [-0.2, 0) is 0 Å². The molecule has 0 radical (unpaired) electrons. The maximum Gasteiger partial charge on any atom is 0.272 e. The third-order valence-electron chi connectivity index (χ3n) is 4.17. The van der Waals surface area contributed by atoms with E-state index in [-0.39, 0.29) is 5.91 Å². The monoisotopic (exact) mass is 391 g/mol. The first-order valence-corrected chi connectivity index (χ1v) is 8.45. The summed E-state index contributed by atoms with van der Waals surface area (Å²) in [4.78, 5) is 18.6. The molecule has 0 spiro atoms. The lowest BCUT2D eigenvalue weighted by atomic mass is 9.93. The number of hydrogen-bond donors (Lipinski definition) is 1. The average molecular weight is 392 g/mol. The van der Waals surface area contributed by atoms with Crippen molar-refractivity contribution in [2.75, 3.05) is 25.9 Å². The number of rotatable bonds is 3. The molecule has 1 saturated heterocycles. The Kier molecular flexibility index (Phi) is 4.94. The third kappa shape index (κ3) is 3.48. The molecule has 2 aromatic heterocycles. The van der Waals surface area contributed by atoms with E-state index in [1.165, 1.54) is 0 Å². The number of hydrogen-bond acceptors (Lipinski definition) is 6. The summed E-state index contributed by atoms with van der Waals surface area (Å²) in [5.41, 5.74) is 6.89. The summed E-state index contributed by atoms with van der Waals surface area (Å²) >= 11 is 3.34. The van der Waals surface area contributed by atoms with Crippen LogP contribution in [0, 0.1) is 0 Å². The Morgan fingerprint density at radius 3 is 2.71 bits per heavy atom. The van der Waals surface area contributed by atoms with Gasteiger partial charge in [0.1, 0.15) is 17.3 Å². The summed E-state index contributed by atoms with van der Waals surface area (Å²) in [6, 6.07) is 5.33. The molecule has 3 rings (SSSR count). The molecular formula is C16H18BrN5O2. The van der Waals surface area contributed by atoms with Crippen LogP contribution in [0.25, 0.3) is 0 Å². The van der Waals surface area contributed by atoms with Crippen molar-refractivity contribution < 1.29 is 9.53 Å². The van der Waals surface area contributed by atoms with Gasteiger partial charge in [-0.1, -0.05) is 0 Å². The van der Waals surface area contributed by atoms with Gasteiger partial charge in [0.25, 0.3) is 5.91 Å². The number of anilines is 1. The van der Waals surface area contributed by atoms with Gasteiger partial charge in [-0.3, -0.25) is 4.79 Å². The van der Waals surface area contributed by atoms with Crippen LogP contribution in [0.4, 0.5) is 5.82 Å². The topological polar surface area (TPSA) is 94.2 Å². The minimum atomic E-state index is -0.0809. The summed E-state index contributed by atoms with van der Waals surface area (Å²) in [7, 11) is 1.56. The van der Waals surface area contributed by atoms with Gasteiger partial charge in [0.2, 0.25) is 0 Å². The Hall–Kier alpha value is -2.22. The maximum absolute atomic E-state index is 12.6. The van der Waals surface area contributed by atoms with Gasteiger partial charge in [-0.05, 0) is 40.9 Å². The van der Waals surface area contributed by atoms with Crippen molar-refractivity contribution in [2.24, 2.45) is 0 Å². The molecule has 1 aliphatic heterocycles. The number of nitrogen functional groups attached to an aromatic ring is 1. The number of carbonyl (C=O) groups is 1. The SMILES string of the molecule is COc1cc(C(=O)N2CCC(c3ccc(N)nn3)CC2)ncc1Br. The average Bonchev–Trinajstić information content (AvgIpc) is 2.62. The summed E-state index contributed by atoms with van der Waals surface area (Å²) in [6.07, 6.45) is 3.28. The minimum absolute atomic E-state index is 0.0809. The van der Waals surface area contributed by atoms with Gasteiger partial charge in [0, 0.05) is 31.3 Å². The first-order chi connectivity index (χ1) is 11.6. The predicted octanol–water partition coefficient (Wildman–Crippen LogP) is 2.24. The molecule has 1 amide bonds. The molecule has 0 atom stereocenters. The molecule has 24 heavy (non-hydrogen) atoms. The molecular weight excluding hydrogens is 374 g/mol. The van der Waals surface area contributed by atoms with Crippen LogP contribution in [0.2, 0.25) is 0 Å². The molecule has 2 N–H and O–H groups in total. The van der Waals surface area contributed by atoms with Gasteiger partial charge in [0.15, 0.2) is 0 Å². The maximum atomic E-state index is 12.6. The Labute approximate surface area is 148 Å². The molecule has 0 aromatic carbocycles. The molecule has 0 bridgehead atoms. The number of methoxy groups -OCH3 is 1. The number of carbonyl (C=O) groups excluding carboxylic acids is 1. The molecule has 7 nitrogen and oxygen atoms in total. The molecule has 0 unspecified atom stereocenters. The number of ether oxygens (including phenoxy) is 1. The standard InChI is InChI=1S/C16H18BrN5O2/c1-24-14-8-13(19-9-11(14)17)16(23)22-6-4-10(5-7-22)12-2-3-15(18)21-20-12/h2-3,8-10H,4-7H2,1H3,(H2,18,21). The second-order valence-corrected chi connectivity index (χ2v) is 6.51. The number of aromatic nitrogens is 3. The van der Waals surface area contributed by atoms with Crippen molar-refractivity contribution in [3.8, 4) is 5.75 Å². The number of pyridine rings is 1. The summed E-state index contributed by atoms with van der Waals surface area (Å²) in [5.74, 6) is 1.24. The van der Waals surface area contributed by atoms with Crippen LogP contribution in [0.15, 0.2) is 28.9 Å². The first kappa shape index (κ1) is 16.6. The van der Waals surface area contributed by atoms with E-state index in [1.807, 2.05) is 11.0 Å². The van der Waals surface area contributed by atoms with Crippen LogP contribution in [0.3, 0.4) is 0 Å². The van der Waals surface area contributed by atoms with E-state index in [4.69, 9.17) is 10.5 Å². The van der Waals surface area contributed by atoms with E-state index in [1.54, 1.807) is 25.4 Å². The fourth-order valence-corrected chi connectivity index (χ4v) is 3.18. The Bertz CT molecular complexity index is 730. The van der Waals surface area contributed by atoms with Gasteiger partial charge in [-0.15, -0.1) is 5.10 Å². The van der Waals surface area contributed by atoms with Crippen molar-refractivity contribution in [2.45, 2.75) is 18.8 Å². The summed E-state index contributed by atoms with van der Waals surface area (Å²) in [5, 5.41) is 8.05. The van der Waals surface area contributed by atoms with E-state index >= 15 is 0 Å². The van der Waals surface area contributed by atoms with E-state index in [0.717, 1.165) is 23.0 Å². The quantitative estimate of drug-likeness (QED) is 0.861. The lowest BCUT2D eigenvalue weighted by Gasteiger charge is -2.31. The zero-order valence-electron chi connectivity index (χ0n) is 13.3. The predicted molar refractivity (Wildman–Crippen MR) is 92.8 cm³/mol. The van der Waals surface area contributed by atoms with Crippen molar-refractivity contribution >= 4 is 27.7 Å². The van der Waals surface area contributed by atoms with Crippen molar-refractivity contribution in [1.29, 1.82) is 0 Å². The van der Waals surface area contributed by atoms with Crippen LogP contribution in [0.5, 0.6) is 5.75 Å². The Balaban J connectivity index is 1.66. The molecule has 3 heterocycles. The minimum Gasteiger partial charge on any atom is -0.495 e. The van der Waals surface area contributed by atoms with E-state index < -0.39 is 0 Å². The molecule has 8 heteroatoms. The zero-order chi connectivity index (χ0) is 17.1. The second-order valence-electron chi connectivity index (χ2n) is 5.65. The zero-order valence-corrected chi connectivity index (χ0v) is 14.9. The van der Waals surface area contributed by atoms with Crippen LogP contribution < -0.4 is 10.5 Å². The number of amides is 1. The molecule has 1 fully saturated rings. The number of nitrogens with zero attached hydrogens (tertiary/aromatic N) is 4. The fourth-order valence-electron chi connectivity index (χ4n) is 2.80. The highest BCUT2D eigenvalue weighted by Crippen LogP contribution is 2.28. The lowest BCUT2D eigenvalue weighted by Crippen LogP contribution is -2.38. The summed E-state index contributed by atoms with van der Waals surface area (Å²) < 4.78 is 5.95. The molecule has 2 aromatic rings. The fraction of sp³-hybridized carbons (Fsp3) is 0.375. The lowest BCUT2D eigenvalue weighted by molar-refractivity contribution is 0.0705. The van der Waals surface area contributed by atoms with Crippen LogP contribution >= 0.6 is 15.9 Å². The first-order valence-electron chi connectivity index (χ1n) is 7.66. The van der Waals surface area contributed by atoms with E-state index in [0.29, 0.717) is 36.3 Å². The Morgan fingerprint density at radius 2 is 2.08 bits per heavy atom. The van der Waals surface area contributed by atoms with Crippen molar-refractivity contribution in [3.05, 3.63) is 40.3 Å². The Morgan fingerprint density at radius 1 is 1.33 bits per heavy atom. The summed E-state index contributed by atoms with van der Waals surface area (Å²) in [6.45, 7) is 1.32. The van der Waals surface area contributed by atoms with E-state index in [9.17, 15) is 4.79 Å². The highest BCUT2D eigenvalue weighted by atomic mass is 79.9. The normalized spacial score (nSPS) is 15.3. The highest BCUT2D eigenvalue weighted by Gasteiger charge is 2.26. The van der Waals surface area contributed by atoms with E-state index in [2.05, 4.69) is 31.1 Å². The van der Waals surface area contributed by atoms with Crippen molar-refractivity contribution in [1.82, 2.24) is 20.1 Å². The molecule has 0 aliphatic carbocycles. The number of piperidine rings is 1. The van der Waals surface area contributed by atoms with Gasteiger partial charge in [-0.2, -0.15) is 5.10 Å². The third-order valence-corrected chi connectivity index (χ3v) is 4.76. The van der Waals surface area contributed by atoms with Gasteiger partial charge >= 0.3 is 0 Å². The van der Waals surface area contributed by atoms with Crippen LogP contribution in [-0.4, -0.2) is 46.2 Å². The molecule has 0 saturated carbocycles. The van der Waals surface area contributed by atoms with Gasteiger partial charge in [-0.25, -0.2) is 4.98 Å². The van der Waals surface area contributed by atoms with Crippen LogP contribution in [0.1, 0.15) is 34.9 Å². The number of halogens is 1. The van der Waals surface area contributed by atoms with Gasteiger partial charge in [0.05, 0.1) is 17.3 Å². The second kappa shape index (κ2) is 7.12. The number of nitrogens with two attached hydrogens (primary N) is 1. The van der Waals surface area contributed by atoms with Gasteiger partial charge < -0.3 is 15.4 Å².